The molecule has 1 aliphatic heterocycles. The summed E-state index contributed by atoms with van der Waals surface area (Å²) in [5, 5.41) is 6.83. The SMILES string of the molecule is Nc1nc(N)c2c(CC3C=CC=C4NC5C=CC=CC5=CCC43)csc2n1. The second kappa shape index (κ2) is 6.39. The predicted molar refractivity (Wildman–Crippen MR) is 112 cm³/mol. The zero-order valence-electron chi connectivity index (χ0n) is 14.8. The summed E-state index contributed by atoms with van der Waals surface area (Å²) >= 11 is 1.58. The maximum absolute atomic E-state index is 6.15. The molecule has 5 N–H and O–H groups in total. The lowest BCUT2D eigenvalue weighted by molar-refractivity contribution is 0.428. The fourth-order valence-electron chi connectivity index (χ4n) is 4.23. The third-order valence-corrected chi connectivity index (χ3v) is 6.47. The molecular formula is C21H21N5S. The van der Waals surface area contributed by atoms with Gasteiger partial charge in [-0.1, -0.05) is 42.5 Å². The van der Waals surface area contributed by atoms with E-state index in [1.807, 2.05) is 0 Å². The van der Waals surface area contributed by atoms with E-state index >= 15 is 0 Å². The highest BCUT2D eigenvalue weighted by atomic mass is 32.1. The van der Waals surface area contributed by atoms with E-state index in [4.69, 9.17) is 11.5 Å². The van der Waals surface area contributed by atoms with Gasteiger partial charge in [-0.15, -0.1) is 11.3 Å². The van der Waals surface area contributed by atoms with E-state index in [0.29, 0.717) is 17.7 Å². The van der Waals surface area contributed by atoms with Gasteiger partial charge in [-0.2, -0.15) is 4.98 Å². The molecule has 2 aromatic heterocycles. The summed E-state index contributed by atoms with van der Waals surface area (Å²) in [4.78, 5) is 9.36. The molecule has 5 nitrogen and oxygen atoms in total. The van der Waals surface area contributed by atoms with Crippen LogP contribution in [0.5, 0.6) is 0 Å². The molecule has 5 rings (SSSR count). The van der Waals surface area contributed by atoms with Crippen LogP contribution in [-0.2, 0) is 6.42 Å². The fraction of sp³-hybridized carbons (Fsp3) is 0.238. The number of nitrogens with two attached hydrogens (primary N) is 2. The van der Waals surface area contributed by atoms with E-state index in [-0.39, 0.29) is 12.0 Å². The second-order valence-corrected chi connectivity index (χ2v) is 8.05. The van der Waals surface area contributed by atoms with Crippen LogP contribution in [0.25, 0.3) is 10.2 Å². The Balaban J connectivity index is 1.46. The van der Waals surface area contributed by atoms with Crippen molar-refractivity contribution in [3.63, 3.8) is 0 Å². The number of anilines is 2. The van der Waals surface area contributed by atoms with Crippen LogP contribution in [-0.4, -0.2) is 16.0 Å². The van der Waals surface area contributed by atoms with Crippen LogP contribution in [0, 0.1) is 11.8 Å². The molecule has 27 heavy (non-hydrogen) atoms. The maximum atomic E-state index is 6.15. The summed E-state index contributed by atoms with van der Waals surface area (Å²) in [5.74, 6) is 1.55. The zero-order valence-corrected chi connectivity index (χ0v) is 15.6. The first-order valence-electron chi connectivity index (χ1n) is 9.18. The molecule has 2 aromatic rings. The van der Waals surface area contributed by atoms with Crippen molar-refractivity contribution in [1.29, 1.82) is 0 Å². The van der Waals surface area contributed by atoms with Gasteiger partial charge in [-0.05, 0) is 41.4 Å². The topological polar surface area (TPSA) is 89.8 Å². The summed E-state index contributed by atoms with van der Waals surface area (Å²) in [6.45, 7) is 0. The quantitative estimate of drug-likeness (QED) is 0.747. The summed E-state index contributed by atoms with van der Waals surface area (Å²) in [7, 11) is 0. The van der Waals surface area contributed by atoms with Gasteiger partial charge in [0.25, 0.3) is 0 Å². The van der Waals surface area contributed by atoms with Gasteiger partial charge < -0.3 is 16.8 Å². The molecule has 3 unspecified atom stereocenters. The molecule has 0 saturated heterocycles. The molecule has 0 spiro atoms. The highest BCUT2D eigenvalue weighted by Gasteiger charge is 2.30. The Kier molecular flexibility index (Phi) is 3.86. The van der Waals surface area contributed by atoms with Crippen molar-refractivity contribution in [2.75, 3.05) is 11.5 Å². The monoisotopic (exact) mass is 375 g/mol. The largest absolute Gasteiger partial charge is 0.383 e. The molecule has 0 aromatic carbocycles. The van der Waals surface area contributed by atoms with Crippen LogP contribution >= 0.6 is 11.3 Å². The molecule has 136 valence electrons. The average molecular weight is 376 g/mol. The van der Waals surface area contributed by atoms with Crippen LogP contribution in [0.1, 0.15) is 12.0 Å². The lowest BCUT2D eigenvalue weighted by Crippen LogP contribution is -2.33. The molecular weight excluding hydrogens is 354 g/mol. The molecule has 2 aliphatic carbocycles. The summed E-state index contributed by atoms with van der Waals surface area (Å²) in [6, 6.07) is 0.271. The van der Waals surface area contributed by atoms with Crippen molar-refractivity contribution in [2.45, 2.75) is 18.9 Å². The Morgan fingerprint density at radius 2 is 2.07 bits per heavy atom. The Morgan fingerprint density at radius 3 is 3.00 bits per heavy atom. The second-order valence-electron chi connectivity index (χ2n) is 7.20. The minimum atomic E-state index is 0.236. The molecule has 3 atom stereocenters. The van der Waals surface area contributed by atoms with Gasteiger partial charge in [0.2, 0.25) is 5.95 Å². The number of hydrogen-bond acceptors (Lipinski definition) is 6. The van der Waals surface area contributed by atoms with Crippen molar-refractivity contribution in [3.05, 3.63) is 70.8 Å². The highest BCUT2D eigenvalue weighted by Crippen LogP contribution is 2.38. The number of aromatic nitrogens is 2. The predicted octanol–water partition coefficient (Wildman–Crippen LogP) is 3.50. The smallest absolute Gasteiger partial charge is 0.223 e. The molecule has 6 heteroatoms. The van der Waals surface area contributed by atoms with E-state index in [1.165, 1.54) is 16.8 Å². The van der Waals surface area contributed by atoms with Gasteiger partial charge in [-0.25, -0.2) is 4.98 Å². The van der Waals surface area contributed by atoms with Crippen LogP contribution in [0.3, 0.4) is 0 Å². The molecule has 0 fully saturated rings. The van der Waals surface area contributed by atoms with Crippen molar-refractivity contribution in [2.24, 2.45) is 11.8 Å². The van der Waals surface area contributed by atoms with Crippen molar-refractivity contribution in [3.8, 4) is 0 Å². The Hall–Kier alpha value is -2.86. The maximum Gasteiger partial charge on any atom is 0.223 e. The van der Waals surface area contributed by atoms with Gasteiger partial charge in [0.15, 0.2) is 0 Å². The van der Waals surface area contributed by atoms with E-state index in [9.17, 15) is 0 Å². The van der Waals surface area contributed by atoms with Gasteiger partial charge in [0.05, 0.1) is 11.4 Å². The number of hydrogen-bond donors (Lipinski definition) is 3. The van der Waals surface area contributed by atoms with Crippen molar-refractivity contribution in [1.82, 2.24) is 15.3 Å². The lowest BCUT2D eigenvalue weighted by Gasteiger charge is -2.30. The third-order valence-electron chi connectivity index (χ3n) is 5.55. The zero-order chi connectivity index (χ0) is 18.4. The first-order valence-corrected chi connectivity index (χ1v) is 10.1. The van der Waals surface area contributed by atoms with Crippen LogP contribution in [0.15, 0.2) is 65.3 Å². The van der Waals surface area contributed by atoms with Crippen LogP contribution < -0.4 is 16.8 Å². The van der Waals surface area contributed by atoms with Crippen LogP contribution in [0.2, 0.25) is 0 Å². The summed E-state index contributed by atoms with van der Waals surface area (Å²) < 4.78 is 0. The minimum Gasteiger partial charge on any atom is -0.383 e. The van der Waals surface area contributed by atoms with E-state index in [2.05, 4.69) is 69.3 Å². The number of nitrogens with zero attached hydrogens (tertiary/aromatic N) is 2. The fourth-order valence-corrected chi connectivity index (χ4v) is 5.20. The Morgan fingerprint density at radius 1 is 1.15 bits per heavy atom. The lowest BCUT2D eigenvalue weighted by atomic mass is 9.80. The number of nitrogens with one attached hydrogen (secondary N) is 1. The molecule has 3 heterocycles. The number of allylic oxidation sites excluding steroid dienone is 7. The molecule has 0 bridgehead atoms. The molecule has 3 aliphatic rings. The van der Waals surface area contributed by atoms with E-state index < -0.39 is 0 Å². The van der Waals surface area contributed by atoms with Gasteiger partial charge in [-0.3, -0.25) is 0 Å². The van der Waals surface area contributed by atoms with Crippen LogP contribution in [0.4, 0.5) is 11.8 Å². The summed E-state index contributed by atoms with van der Waals surface area (Å²) in [5.41, 5.74) is 15.8. The minimum absolute atomic E-state index is 0.236. The Labute approximate surface area is 161 Å². The third kappa shape index (κ3) is 2.86. The van der Waals surface area contributed by atoms with E-state index in [1.54, 1.807) is 11.3 Å². The highest BCUT2D eigenvalue weighted by molar-refractivity contribution is 7.17. The molecule has 0 saturated carbocycles. The van der Waals surface area contributed by atoms with E-state index in [0.717, 1.165) is 23.1 Å². The number of rotatable bonds is 2. The molecule has 0 amide bonds. The summed E-state index contributed by atoms with van der Waals surface area (Å²) in [6.07, 6.45) is 19.6. The van der Waals surface area contributed by atoms with Gasteiger partial charge >= 0.3 is 0 Å². The first kappa shape index (κ1) is 16.3. The normalized spacial score (nSPS) is 26.0. The van der Waals surface area contributed by atoms with Gasteiger partial charge in [0, 0.05) is 11.6 Å². The average Bonchev–Trinajstić information content (AvgIpc) is 2.94. The van der Waals surface area contributed by atoms with Crippen molar-refractivity contribution < 1.29 is 0 Å². The number of thiophene rings is 1. The first-order chi connectivity index (χ1) is 13.2. The number of nitrogen functional groups attached to an aromatic ring is 2. The standard InChI is InChI=1S/C21H21N5S/c22-19-18-14(11-27-20(18)26-21(23)25-19)10-13-5-3-7-17-15(13)9-8-12-4-1-2-6-16(12)24-17/h1-8,11,13,15-16,24H,9-10H2,(H4,22,23,25,26). The van der Waals surface area contributed by atoms with Crippen molar-refractivity contribution >= 4 is 33.3 Å². The van der Waals surface area contributed by atoms with Gasteiger partial charge in [0.1, 0.15) is 10.6 Å². The Bertz CT molecular complexity index is 1060. The number of fused-ring (bicyclic) bond motifs is 3. The molecule has 0 radical (unpaired) electrons.